The SMILES string of the molecule is CCOC(=O)C(N)CCOc1cccc(N(C)C)c1. The highest BCUT2D eigenvalue weighted by Crippen LogP contribution is 2.19. The first-order chi connectivity index (χ1) is 9.04. The molecule has 2 N–H and O–H groups in total. The summed E-state index contributed by atoms with van der Waals surface area (Å²) in [5.41, 5.74) is 6.75. The van der Waals surface area contributed by atoms with Crippen molar-refractivity contribution in [3.05, 3.63) is 24.3 Å². The zero-order chi connectivity index (χ0) is 14.3. The first-order valence-corrected chi connectivity index (χ1v) is 6.37. The molecule has 0 aliphatic rings. The van der Waals surface area contributed by atoms with Crippen LogP contribution >= 0.6 is 0 Å². The molecule has 1 unspecified atom stereocenters. The molecule has 0 heterocycles. The Labute approximate surface area is 114 Å². The Bertz CT molecular complexity index is 407. The van der Waals surface area contributed by atoms with E-state index >= 15 is 0 Å². The van der Waals surface area contributed by atoms with Crippen LogP contribution in [0.5, 0.6) is 5.75 Å². The van der Waals surface area contributed by atoms with Gasteiger partial charge in [-0.3, -0.25) is 4.79 Å². The third kappa shape index (κ3) is 5.18. The summed E-state index contributed by atoms with van der Waals surface area (Å²) in [6, 6.07) is 7.11. The van der Waals surface area contributed by atoms with Crippen LogP contribution in [0.15, 0.2) is 24.3 Å². The minimum absolute atomic E-state index is 0.346. The highest BCUT2D eigenvalue weighted by molar-refractivity contribution is 5.75. The number of ether oxygens (including phenoxy) is 2. The van der Waals surface area contributed by atoms with Gasteiger partial charge in [-0.1, -0.05) is 6.07 Å². The Balaban J connectivity index is 2.40. The molecule has 1 rings (SSSR count). The molecule has 0 amide bonds. The average molecular weight is 266 g/mol. The fourth-order valence-electron chi connectivity index (χ4n) is 1.52. The van der Waals surface area contributed by atoms with Crippen molar-refractivity contribution in [3.63, 3.8) is 0 Å². The second kappa shape index (κ2) is 7.63. The lowest BCUT2D eigenvalue weighted by Crippen LogP contribution is -2.33. The average Bonchev–Trinajstić information content (AvgIpc) is 2.39. The zero-order valence-corrected chi connectivity index (χ0v) is 11.8. The molecular weight excluding hydrogens is 244 g/mol. The minimum Gasteiger partial charge on any atom is -0.493 e. The lowest BCUT2D eigenvalue weighted by atomic mass is 10.2. The van der Waals surface area contributed by atoms with Gasteiger partial charge in [0.05, 0.1) is 13.2 Å². The van der Waals surface area contributed by atoms with Crippen LogP contribution in [0, 0.1) is 0 Å². The molecule has 106 valence electrons. The molecule has 0 radical (unpaired) electrons. The van der Waals surface area contributed by atoms with Gasteiger partial charge in [-0.15, -0.1) is 0 Å². The summed E-state index contributed by atoms with van der Waals surface area (Å²) in [7, 11) is 3.94. The van der Waals surface area contributed by atoms with Crippen molar-refractivity contribution >= 4 is 11.7 Å². The fourth-order valence-corrected chi connectivity index (χ4v) is 1.52. The molecule has 0 saturated heterocycles. The number of nitrogens with zero attached hydrogens (tertiary/aromatic N) is 1. The maximum absolute atomic E-state index is 11.3. The van der Waals surface area contributed by atoms with E-state index in [1.54, 1.807) is 6.92 Å². The van der Waals surface area contributed by atoms with Crippen molar-refractivity contribution < 1.29 is 14.3 Å². The van der Waals surface area contributed by atoms with E-state index in [1.165, 1.54) is 0 Å². The Morgan fingerprint density at radius 2 is 2.16 bits per heavy atom. The molecule has 5 heteroatoms. The molecule has 5 nitrogen and oxygen atoms in total. The maximum Gasteiger partial charge on any atom is 0.323 e. The first-order valence-electron chi connectivity index (χ1n) is 6.37. The predicted molar refractivity (Wildman–Crippen MR) is 75.5 cm³/mol. The van der Waals surface area contributed by atoms with Crippen LogP contribution in [-0.2, 0) is 9.53 Å². The molecule has 0 aliphatic heterocycles. The van der Waals surface area contributed by atoms with E-state index in [0.717, 1.165) is 11.4 Å². The first kappa shape index (κ1) is 15.3. The topological polar surface area (TPSA) is 64.8 Å². The number of hydrogen-bond acceptors (Lipinski definition) is 5. The summed E-state index contributed by atoms with van der Waals surface area (Å²) in [6.45, 7) is 2.49. The van der Waals surface area contributed by atoms with Gasteiger partial charge in [-0.05, 0) is 19.1 Å². The van der Waals surface area contributed by atoms with E-state index in [2.05, 4.69) is 0 Å². The monoisotopic (exact) mass is 266 g/mol. The molecule has 0 aliphatic carbocycles. The van der Waals surface area contributed by atoms with Crippen LogP contribution in [-0.4, -0.2) is 39.3 Å². The molecule has 0 fully saturated rings. The molecule has 1 aromatic carbocycles. The summed E-state index contributed by atoms with van der Waals surface area (Å²) in [6.07, 6.45) is 0.436. The van der Waals surface area contributed by atoms with Crippen molar-refractivity contribution in [1.82, 2.24) is 0 Å². The van der Waals surface area contributed by atoms with Gasteiger partial charge in [0, 0.05) is 32.3 Å². The molecule has 0 spiro atoms. The quantitative estimate of drug-likeness (QED) is 0.756. The number of benzene rings is 1. The van der Waals surface area contributed by atoms with Gasteiger partial charge in [0.25, 0.3) is 0 Å². The highest BCUT2D eigenvalue weighted by Gasteiger charge is 2.14. The lowest BCUT2D eigenvalue weighted by Gasteiger charge is -2.15. The van der Waals surface area contributed by atoms with E-state index in [9.17, 15) is 4.79 Å². The normalized spacial score (nSPS) is 11.8. The van der Waals surface area contributed by atoms with Crippen LogP contribution in [0.3, 0.4) is 0 Å². The molecule has 1 aromatic rings. The van der Waals surface area contributed by atoms with Gasteiger partial charge >= 0.3 is 5.97 Å². The standard InChI is InChI=1S/C14H22N2O3/c1-4-18-14(17)13(15)8-9-19-12-7-5-6-11(10-12)16(2)3/h5-7,10,13H,4,8-9,15H2,1-3H3. The van der Waals surface area contributed by atoms with E-state index in [0.29, 0.717) is 19.6 Å². The Morgan fingerprint density at radius 1 is 1.42 bits per heavy atom. The van der Waals surface area contributed by atoms with Crippen molar-refractivity contribution in [2.75, 3.05) is 32.2 Å². The van der Waals surface area contributed by atoms with Crippen LogP contribution in [0.1, 0.15) is 13.3 Å². The third-order valence-electron chi connectivity index (χ3n) is 2.62. The number of anilines is 1. The second-order valence-corrected chi connectivity index (χ2v) is 4.39. The van der Waals surface area contributed by atoms with Gasteiger partial charge in [-0.25, -0.2) is 0 Å². The molecule has 1 atom stereocenters. The maximum atomic E-state index is 11.3. The fraction of sp³-hybridized carbons (Fsp3) is 0.500. The van der Waals surface area contributed by atoms with Crippen LogP contribution in [0.2, 0.25) is 0 Å². The molecule has 19 heavy (non-hydrogen) atoms. The highest BCUT2D eigenvalue weighted by atomic mass is 16.5. The minimum atomic E-state index is -0.628. The summed E-state index contributed by atoms with van der Waals surface area (Å²) in [5.74, 6) is 0.385. The van der Waals surface area contributed by atoms with E-state index in [1.807, 2.05) is 43.3 Å². The summed E-state index contributed by atoms with van der Waals surface area (Å²) in [5, 5.41) is 0. The Morgan fingerprint density at radius 3 is 2.79 bits per heavy atom. The van der Waals surface area contributed by atoms with Crippen LogP contribution in [0.25, 0.3) is 0 Å². The van der Waals surface area contributed by atoms with Crippen molar-refractivity contribution in [2.24, 2.45) is 5.73 Å². The lowest BCUT2D eigenvalue weighted by molar-refractivity contribution is -0.145. The number of carbonyl (C=O) groups excluding carboxylic acids is 1. The van der Waals surface area contributed by atoms with Gasteiger partial charge in [-0.2, -0.15) is 0 Å². The van der Waals surface area contributed by atoms with Crippen LogP contribution < -0.4 is 15.4 Å². The van der Waals surface area contributed by atoms with Crippen molar-refractivity contribution in [1.29, 1.82) is 0 Å². The van der Waals surface area contributed by atoms with E-state index in [4.69, 9.17) is 15.2 Å². The van der Waals surface area contributed by atoms with Gasteiger partial charge < -0.3 is 20.1 Å². The number of nitrogens with two attached hydrogens (primary N) is 1. The number of hydrogen-bond donors (Lipinski definition) is 1. The molecule has 0 saturated carbocycles. The second-order valence-electron chi connectivity index (χ2n) is 4.39. The van der Waals surface area contributed by atoms with E-state index < -0.39 is 6.04 Å². The summed E-state index contributed by atoms with van der Waals surface area (Å²) >= 11 is 0. The van der Waals surface area contributed by atoms with Crippen molar-refractivity contribution in [3.8, 4) is 5.75 Å². The zero-order valence-electron chi connectivity index (χ0n) is 11.8. The number of rotatable bonds is 7. The Kier molecular flexibility index (Phi) is 6.15. The smallest absolute Gasteiger partial charge is 0.323 e. The van der Waals surface area contributed by atoms with Gasteiger partial charge in [0.1, 0.15) is 11.8 Å². The molecule has 0 bridgehead atoms. The third-order valence-corrected chi connectivity index (χ3v) is 2.62. The number of esters is 1. The Hall–Kier alpha value is -1.75. The van der Waals surface area contributed by atoms with Crippen molar-refractivity contribution in [2.45, 2.75) is 19.4 Å². The van der Waals surface area contributed by atoms with E-state index in [-0.39, 0.29) is 5.97 Å². The van der Waals surface area contributed by atoms with Gasteiger partial charge in [0.15, 0.2) is 0 Å². The van der Waals surface area contributed by atoms with Crippen LogP contribution in [0.4, 0.5) is 5.69 Å². The number of carbonyl (C=O) groups is 1. The molecule has 0 aromatic heterocycles. The van der Waals surface area contributed by atoms with Gasteiger partial charge in [0.2, 0.25) is 0 Å². The predicted octanol–water partition coefficient (Wildman–Crippen LogP) is 1.41. The summed E-state index contributed by atoms with van der Waals surface area (Å²) < 4.78 is 10.4. The largest absolute Gasteiger partial charge is 0.493 e. The summed E-state index contributed by atoms with van der Waals surface area (Å²) in [4.78, 5) is 13.3. The molecular formula is C14H22N2O3.